The first-order valence-corrected chi connectivity index (χ1v) is 7.08. The van der Waals surface area contributed by atoms with Crippen molar-refractivity contribution in [2.45, 2.75) is 26.9 Å². The van der Waals surface area contributed by atoms with Crippen LogP contribution in [-0.2, 0) is 0 Å². The second-order valence-electron chi connectivity index (χ2n) is 5.38. The van der Waals surface area contributed by atoms with Crippen LogP contribution in [0.1, 0.15) is 38.7 Å². The third kappa shape index (κ3) is 3.70. The molecule has 3 heteroatoms. The van der Waals surface area contributed by atoms with Crippen LogP contribution >= 0.6 is 0 Å². The number of benzene rings is 2. The number of aryl methyl sites for hydroxylation is 3. The smallest absolute Gasteiger partial charge is 0.251 e. The summed E-state index contributed by atoms with van der Waals surface area (Å²) < 4.78 is 0. The van der Waals surface area contributed by atoms with Crippen molar-refractivity contribution in [2.75, 3.05) is 6.54 Å². The largest absolute Gasteiger partial charge is 0.387 e. The van der Waals surface area contributed by atoms with Gasteiger partial charge >= 0.3 is 0 Å². The fourth-order valence-electron chi connectivity index (χ4n) is 2.24. The van der Waals surface area contributed by atoms with Crippen molar-refractivity contribution in [3.05, 3.63) is 70.3 Å². The van der Waals surface area contributed by atoms with Crippen LogP contribution in [0.4, 0.5) is 0 Å². The maximum absolute atomic E-state index is 12.1. The molecule has 0 heterocycles. The van der Waals surface area contributed by atoms with Gasteiger partial charge in [0.25, 0.3) is 5.91 Å². The monoisotopic (exact) mass is 283 g/mol. The minimum Gasteiger partial charge on any atom is -0.387 e. The third-order valence-corrected chi connectivity index (χ3v) is 3.77. The maximum atomic E-state index is 12.1. The van der Waals surface area contributed by atoms with Crippen LogP contribution < -0.4 is 5.32 Å². The summed E-state index contributed by atoms with van der Waals surface area (Å²) in [4.78, 5) is 12.1. The molecule has 21 heavy (non-hydrogen) atoms. The standard InChI is InChI=1S/C18H21NO2/c1-12-8-9-15(10-14(12)3)18(21)19-11-17(20)16-7-5-4-6-13(16)2/h4-10,17,20H,11H2,1-3H3,(H,19,21). The van der Waals surface area contributed by atoms with Gasteiger partial charge in [0.1, 0.15) is 0 Å². The van der Waals surface area contributed by atoms with Gasteiger partial charge in [-0.2, -0.15) is 0 Å². The highest BCUT2D eigenvalue weighted by Crippen LogP contribution is 2.16. The summed E-state index contributed by atoms with van der Waals surface area (Å²) in [6.45, 7) is 6.15. The molecule has 0 spiro atoms. The topological polar surface area (TPSA) is 49.3 Å². The van der Waals surface area contributed by atoms with Crippen molar-refractivity contribution < 1.29 is 9.90 Å². The molecule has 0 aliphatic heterocycles. The molecule has 0 fully saturated rings. The Bertz CT molecular complexity index is 649. The van der Waals surface area contributed by atoms with Gasteiger partial charge in [0.2, 0.25) is 0 Å². The summed E-state index contributed by atoms with van der Waals surface area (Å²) in [6.07, 6.45) is -0.693. The lowest BCUT2D eigenvalue weighted by Crippen LogP contribution is -2.28. The van der Waals surface area contributed by atoms with Gasteiger partial charge in [-0.15, -0.1) is 0 Å². The van der Waals surface area contributed by atoms with Crippen LogP contribution in [0.2, 0.25) is 0 Å². The minimum absolute atomic E-state index is 0.161. The molecule has 0 saturated heterocycles. The number of aliphatic hydroxyl groups is 1. The predicted octanol–water partition coefficient (Wildman–Crippen LogP) is 3.08. The number of hydrogen-bond donors (Lipinski definition) is 2. The second-order valence-corrected chi connectivity index (χ2v) is 5.38. The van der Waals surface area contributed by atoms with Gasteiger partial charge in [-0.1, -0.05) is 30.3 Å². The van der Waals surface area contributed by atoms with Gasteiger partial charge in [0.15, 0.2) is 0 Å². The average Bonchev–Trinajstić information content (AvgIpc) is 2.47. The lowest BCUT2D eigenvalue weighted by Gasteiger charge is -2.14. The predicted molar refractivity (Wildman–Crippen MR) is 84.4 cm³/mol. The molecule has 0 aromatic heterocycles. The molecular weight excluding hydrogens is 262 g/mol. The third-order valence-electron chi connectivity index (χ3n) is 3.77. The zero-order valence-electron chi connectivity index (χ0n) is 12.7. The van der Waals surface area contributed by atoms with Crippen LogP contribution in [0.15, 0.2) is 42.5 Å². The molecule has 0 radical (unpaired) electrons. The van der Waals surface area contributed by atoms with Crippen LogP contribution in [-0.4, -0.2) is 17.6 Å². The Morgan fingerprint density at radius 1 is 1.05 bits per heavy atom. The maximum Gasteiger partial charge on any atom is 0.251 e. The molecule has 0 bridgehead atoms. The Kier molecular flexibility index (Phi) is 4.76. The number of rotatable bonds is 4. The number of aliphatic hydroxyl groups excluding tert-OH is 1. The van der Waals surface area contributed by atoms with Crippen LogP contribution in [0.3, 0.4) is 0 Å². The Balaban J connectivity index is 2.01. The molecule has 1 amide bonds. The Hall–Kier alpha value is -2.13. The molecule has 3 nitrogen and oxygen atoms in total. The molecule has 1 unspecified atom stereocenters. The highest BCUT2D eigenvalue weighted by Gasteiger charge is 2.12. The van der Waals surface area contributed by atoms with Gasteiger partial charge in [-0.25, -0.2) is 0 Å². The van der Waals surface area contributed by atoms with Crippen LogP contribution in [0.5, 0.6) is 0 Å². The summed E-state index contributed by atoms with van der Waals surface area (Å²) in [6, 6.07) is 13.2. The summed E-state index contributed by atoms with van der Waals surface area (Å²) in [5.41, 5.74) is 4.73. The fourth-order valence-corrected chi connectivity index (χ4v) is 2.24. The van der Waals surface area contributed by atoms with Gasteiger partial charge in [0.05, 0.1) is 6.10 Å². The first kappa shape index (κ1) is 15.3. The molecule has 0 aliphatic carbocycles. The number of nitrogens with one attached hydrogen (secondary N) is 1. The van der Waals surface area contributed by atoms with E-state index in [0.29, 0.717) is 5.56 Å². The average molecular weight is 283 g/mol. The van der Waals surface area contributed by atoms with E-state index in [0.717, 1.165) is 22.3 Å². The van der Waals surface area contributed by atoms with E-state index in [4.69, 9.17) is 0 Å². The first-order chi connectivity index (χ1) is 9.99. The van der Waals surface area contributed by atoms with E-state index in [1.165, 1.54) is 0 Å². The molecule has 2 N–H and O–H groups in total. The van der Waals surface area contributed by atoms with E-state index in [1.54, 1.807) is 6.07 Å². The fraction of sp³-hybridized carbons (Fsp3) is 0.278. The SMILES string of the molecule is Cc1ccc(C(=O)NCC(O)c2ccccc2C)cc1C. The Morgan fingerprint density at radius 2 is 1.76 bits per heavy atom. The first-order valence-electron chi connectivity index (χ1n) is 7.08. The quantitative estimate of drug-likeness (QED) is 0.906. The van der Waals surface area contributed by atoms with E-state index in [2.05, 4.69) is 5.32 Å². The lowest BCUT2D eigenvalue weighted by molar-refractivity contribution is 0.0916. The zero-order valence-corrected chi connectivity index (χ0v) is 12.7. The summed E-state index contributed by atoms with van der Waals surface area (Å²) in [7, 11) is 0. The van der Waals surface area contributed by atoms with E-state index in [1.807, 2.05) is 57.2 Å². The van der Waals surface area contributed by atoms with Gasteiger partial charge in [0, 0.05) is 12.1 Å². The number of hydrogen-bond acceptors (Lipinski definition) is 2. The van der Waals surface area contributed by atoms with Gasteiger partial charge in [-0.05, 0) is 55.2 Å². The Morgan fingerprint density at radius 3 is 2.43 bits per heavy atom. The number of amides is 1. The Labute approximate surface area is 125 Å². The second kappa shape index (κ2) is 6.55. The van der Waals surface area contributed by atoms with E-state index in [9.17, 15) is 9.90 Å². The summed E-state index contributed by atoms with van der Waals surface area (Å²) >= 11 is 0. The normalized spacial score (nSPS) is 12.0. The highest BCUT2D eigenvalue weighted by atomic mass is 16.3. The molecule has 1 atom stereocenters. The zero-order chi connectivity index (χ0) is 15.4. The number of carbonyl (C=O) groups is 1. The van der Waals surface area contributed by atoms with E-state index in [-0.39, 0.29) is 12.5 Å². The van der Waals surface area contributed by atoms with Crippen LogP contribution in [0.25, 0.3) is 0 Å². The molecule has 0 aliphatic rings. The van der Waals surface area contributed by atoms with Crippen molar-refractivity contribution in [3.8, 4) is 0 Å². The molecular formula is C18H21NO2. The van der Waals surface area contributed by atoms with E-state index >= 15 is 0 Å². The van der Waals surface area contributed by atoms with Gasteiger partial charge in [-0.3, -0.25) is 4.79 Å². The lowest BCUT2D eigenvalue weighted by atomic mass is 10.0. The van der Waals surface area contributed by atoms with Crippen LogP contribution in [0, 0.1) is 20.8 Å². The molecule has 2 aromatic rings. The van der Waals surface area contributed by atoms with Crippen molar-refractivity contribution in [1.82, 2.24) is 5.32 Å². The highest BCUT2D eigenvalue weighted by molar-refractivity contribution is 5.94. The molecule has 110 valence electrons. The summed E-state index contributed by atoms with van der Waals surface area (Å²) in [5, 5.41) is 13.0. The molecule has 0 saturated carbocycles. The van der Waals surface area contributed by atoms with Crippen molar-refractivity contribution in [3.63, 3.8) is 0 Å². The van der Waals surface area contributed by atoms with E-state index < -0.39 is 6.10 Å². The van der Waals surface area contributed by atoms with Crippen molar-refractivity contribution in [1.29, 1.82) is 0 Å². The molecule has 2 rings (SSSR count). The number of carbonyl (C=O) groups excluding carboxylic acids is 1. The summed E-state index contributed by atoms with van der Waals surface area (Å²) in [5.74, 6) is -0.161. The van der Waals surface area contributed by atoms with Gasteiger partial charge < -0.3 is 10.4 Å². The molecule has 2 aromatic carbocycles. The minimum atomic E-state index is -0.693. The van der Waals surface area contributed by atoms with Crippen molar-refractivity contribution in [2.24, 2.45) is 0 Å². The van der Waals surface area contributed by atoms with Crippen molar-refractivity contribution >= 4 is 5.91 Å².